The van der Waals surface area contributed by atoms with Gasteiger partial charge in [0.2, 0.25) is 5.91 Å². The molecule has 9 heteroatoms. The molecule has 0 atom stereocenters. The van der Waals surface area contributed by atoms with E-state index >= 15 is 0 Å². The molecule has 0 spiro atoms. The summed E-state index contributed by atoms with van der Waals surface area (Å²) in [5, 5.41) is 6.69. The van der Waals surface area contributed by atoms with Gasteiger partial charge < -0.3 is 20.4 Å². The van der Waals surface area contributed by atoms with Crippen LogP contribution in [0.4, 0.5) is 11.5 Å². The van der Waals surface area contributed by atoms with Crippen LogP contribution in [0.25, 0.3) is 0 Å². The Balaban J connectivity index is 0.00000320. The lowest BCUT2D eigenvalue weighted by molar-refractivity contribution is -0.116. The van der Waals surface area contributed by atoms with Crippen LogP contribution in [0.2, 0.25) is 5.02 Å². The number of nitrogens with one attached hydrogen (secondary N) is 2. The van der Waals surface area contributed by atoms with Crippen LogP contribution in [0.3, 0.4) is 0 Å². The van der Waals surface area contributed by atoms with E-state index in [0.717, 1.165) is 43.5 Å². The van der Waals surface area contributed by atoms with E-state index in [-0.39, 0.29) is 29.9 Å². The average molecular weight is 543 g/mol. The quantitative estimate of drug-likeness (QED) is 0.344. The summed E-state index contributed by atoms with van der Waals surface area (Å²) < 4.78 is 0. The van der Waals surface area contributed by atoms with E-state index in [9.17, 15) is 4.79 Å². The standard InChI is InChI=1S/C21H27ClN6O.HI/c1-16-6-7-18(17(22)15-16)26-20(29)8-10-25-21(23-2)28-13-11-27(12-14-28)19-5-3-4-9-24-19;/h3-7,9,15H,8,10-14H2,1-2H3,(H,23,25)(H,26,29);1H. The van der Waals surface area contributed by atoms with Gasteiger partial charge in [-0.15, -0.1) is 24.0 Å². The molecule has 7 nitrogen and oxygen atoms in total. The summed E-state index contributed by atoms with van der Waals surface area (Å²) in [4.78, 5) is 25.5. The molecule has 1 aliphatic heterocycles. The molecule has 2 aromatic rings. The molecule has 0 saturated carbocycles. The van der Waals surface area contributed by atoms with Gasteiger partial charge in [-0.1, -0.05) is 23.7 Å². The smallest absolute Gasteiger partial charge is 0.226 e. The van der Waals surface area contributed by atoms with Crippen LogP contribution in [0.15, 0.2) is 47.6 Å². The van der Waals surface area contributed by atoms with E-state index in [1.165, 1.54) is 0 Å². The molecule has 162 valence electrons. The molecule has 1 amide bonds. The summed E-state index contributed by atoms with van der Waals surface area (Å²) >= 11 is 6.17. The average Bonchev–Trinajstić information content (AvgIpc) is 2.74. The molecule has 0 bridgehead atoms. The summed E-state index contributed by atoms with van der Waals surface area (Å²) in [7, 11) is 1.76. The largest absolute Gasteiger partial charge is 0.356 e. The maximum atomic E-state index is 12.2. The molecule has 1 aliphatic rings. The zero-order valence-corrected chi connectivity index (χ0v) is 20.4. The van der Waals surface area contributed by atoms with Crippen molar-refractivity contribution in [3.8, 4) is 0 Å². The van der Waals surface area contributed by atoms with Gasteiger partial charge in [0, 0.05) is 52.4 Å². The number of hydrogen-bond donors (Lipinski definition) is 2. The number of rotatable bonds is 5. The van der Waals surface area contributed by atoms with Gasteiger partial charge in [0.1, 0.15) is 5.82 Å². The Hall–Kier alpha value is -2.07. The van der Waals surface area contributed by atoms with E-state index in [4.69, 9.17) is 11.6 Å². The van der Waals surface area contributed by atoms with Crippen molar-refractivity contribution >= 4 is 58.9 Å². The third-order valence-corrected chi connectivity index (χ3v) is 5.11. The molecule has 0 radical (unpaired) electrons. The number of hydrogen-bond acceptors (Lipinski definition) is 4. The highest BCUT2D eigenvalue weighted by molar-refractivity contribution is 14.0. The molecule has 0 aliphatic carbocycles. The summed E-state index contributed by atoms with van der Waals surface area (Å²) in [6.45, 7) is 5.92. The number of aromatic nitrogens is 1. The fraction of sp³-hybridized carbons (Fsp3) is 0.381. The summed E-state index contributed by atoms with van der Waals surface area (Å²) in [5.41, 5.74) is 1.69. The molecule has 1 fully saturated rings. The van der Waals surface area contributed by atoms with E-state index in [2.05, 4.69) is 30.4 Å². The van der Waals surface area contributed by atoms with Crippen LogP contribution in [-0.4, -0.2) is 61.5 Å². The monoisotopic (exact) mass is 542 g/mol. The molecular formula is C21H28ClIN6O. The second-order valence-corrected chi connectivity index (χ2v) is 7.32. The first kappa shape index (κ1) is 24.2. The highest BCUT2D eigenvalue weighted by Gasteiger charge is 2.20. The topological polar surface area (TPSA) is 72.9 Å². The lowest BCUT2D eigenvalue weighted by Crippen LogP contribution is -2.53. The number of nitrogens with zero attached hydrogens (tertiary/aromatic N) is 4. The first-order valence-corrected chi connectivity index (χ1v) is 10.1. The van der Waals surface area contributed by atoms with Gasteiger partial charge in [-0.2, -0.15) is 0 Å². The second-order valence-electron chi connectivity index (χ2n) is 6.92. The van der Waals surface area contributed by atoms with Crippen LogP contribution < -0.4 is 15.5 Å². The van der Waals surface area contributed by atoms with Gasteiger partial charge in [-0.05, 0) is 36.8 Å². The Morgan fingerprint density at radius 1 is 1.20 bits per heavy atom. The molecular weight excluding hydrogens is 515 g/mol. The Morgan fingerprint density at radius 3 is 2.60 bits per heavy atom. The minimum Gasteiger partial charge on any atom is -0.356 e. The number of pyridine rings is 1. The van der Waals surface area contributed by atoms with E-state index < -0.39 is 0 Å². The molecule has 30 heavy (non-hydrogen) atoms. The minimum atomic E-state index is -0.0846. The second kappa shape index (κ2) is 11.9. The van der Waals surface area contributed by atoms with Crippen LogP contribution in [0, 0.1) is 6.92 Å². The summed E-state index contributed by atoms with van der Waals surface area (Å²) in [5.74, 6) is 1.73. The number of aryl methyl sites for hydroxylation is 1. The summed E-state index contributed by atoms with van der Waals surface area (Å²) in [6, 6.07) is 11.5. The van der Waals surface area contributed by atoms with Crippen molar-refractivity contribution in [2.45, 2.75) is 13.3 Å². The molecule has 2 heterocycles. The van der Waals surface area contributed by atoms with Crippen LogP contribution in [0.1, 0.15) is 12.0 Å². The number of aliphatic imine (C=N–C) groups is 1. The third-order valence-electron chi connectivity index (χ3n) is 4.80. The molecule has 1 aromatic heterocycles. The number of anilines is 2. The first-order chi connectivity index (χ1) is 14.1. The van der Waals surface area contributed by atoms with Gasteiger partial charge in [-0.25, -0.2) is 4.98 Å². The van der Waals surface area contributed by atoms with Crippen LogP contribution in [0.5, 0.6) is 0 Å². The van der Waals surface area contributed by atoms with Crippen molar-refractivity contribution in [1.82, 2.24) is 15.2 Å². The van der Waals surface area contributed by atoms with E-state index in [1.807, 2.05) is 49.5 Å². The van der Waals surface area contributed by atoms with Crippen molar-refractivity contribution in [2.24, 2.45) is 4.99 Å². The number of halogens is 2. The SMILES string of the molecule is CN=C(NCCC(=O)Nc1ccc(C)cc1Cl)N1CCN(c2ccccn2)CC1.I. The minimum absolute atomic E-state index is 0. The Kier molecular flexibility index (Phi) is 9.64. The van der Waals surface area contributed by atoms with Crippen molar-refractivity contribution in [1.29, 1.82) is 0 Å². The van der Waals surface area contributed by atoms with Crippen LogP contribution in [-0.2, 0) is 4.79 Å². The van der Waals surface area contributed by atoms with Gasteiger partial charge >= 0.3 is 0 Å². The first-order valence-electron chi connectivity index (χ1n) is 9.74. The van der Waals surface area contributed by atoms with Gasteiger partial charge in [-0.3, -0.25) is 9.79 Å². The Morgan fingerprint density at radius 2 is 1.97 bits per heavy atom. The van der Waals surface area contributed by atoms with Gasteiger partial charge in [0.15, 0.2) is 5.96 Å². The highest BCUT2D eigenvalue weighted by Crippen LogP contribution is 2.22. The normalized spacial score (nSPS) is 14.2. The van der Waals surface area contributed by atoms with E-state index in [1.54, 1.807) is 7.05 Å². The maximum Gasteiger partial charge on any atom is 0.226 e. The molecule has 1 aromatic carbocycles. The van der Waals surface area contributed by atoms with E-state index in [0.29, 0.717) is 23.7 Å². The number of guanidine groups is 1. The Labute approximate surface area is 199 Å². The van der Waals surface area contributed by atoms with Gasteiger partial charge in [0.05, 0.1) is 10.7 Å². The highest BCUT2D eigenvalue weighted by atomic mass is 127. The van der Waals surface area contributed by atoms with Crippen molar-refractivity contribution < 1.29 is 4.79 Å². The fourth-order valence-electron chi connectivity index (χ4n) is 3.24. The van der Waals surface area contributed by atoms with Crippen molar-refractivity contribution in [3.63, 3.8) is 0 Å². The lowest BCUT2D eigenvalue weighted by atomic mass is 10.2. The zero-order valence-electron chi connectivity index (χ0n) is 17.3. The number of piperazine rings is 1. The number of carbonyl (C=O) groups is 1. The van der Waals surface area contributed by atoms with Crippen molar-refractivity contribution in [3.05, 3.63) is 53.2 Å². The van der Waals surface area contributed by atoms with Crippen molar-refractivity contribution in [2.75, 3.05) is 50.0 Å². The third kappa shape index (κ3) is 6.73. The number of amides is 1. The fourth-order valence-corrected chi connectivity index (χ4v) is 3.52. The maximum absolute atomic E-state index is 12.2. The number of benzene rings is 1. The summed E-state index contributed by atoms with van der Waals surface area (Å²) in [6.07, 6.45) is 2.15. The zero-order chi connectivity index (χ0) is 20.6. The molecule has 1 saturated heterocycles. The molecule has 0 unspecified atom stereocenters. The predicted octanol–water partition coefficient (Wildman–Crippen LogP) is 3.39. The van der Waals surface area contributed by atoms with Gasteiger partial charge in [0.25, 0.3) is 0 Å². The predicted molar refractivity (Wildman–Crippen MR) is 134 cm³/mol. The molecule has 3 rings (SSSR count). The number of carbonyl (C=O) groups excluding carboxylic acids is 1. The van der Waals surface area contributed by atoms with Crippen LogP contribution >= 0.6 is 35.6 Å². The Bertz CT molecular complexity index is 856. The lowest BCUT2D eigenvalue weighted by Gasteiger charge is -2.37. The molecule has 2 N–H and O–H groups in total.